The number of β-amino-alcohol motifs (C(OH)–C–C–N with tert-alkyl or cyclic N) is 1. The smallest absolute Gasteiger partial charge is 0.277 e. The van der Waals surface area contributed by atoms with E-state index >= 15 is 0 Å². The van der Waals surface area contributed by atoms with Crippen LogP contribution in [0.25, 0.3) is 0 Å². The van der Waals surface area contributed by atoms with Crippen LogP contribution in [0, 0.1) is 6.92 Å². The molecule has 0 spiro atoms. The Hall–Kier alpha value is -2.67. The summed E-state index contributed by atoms with van der Waals surface area (Å²) in [5.74, 6) is -1.05. The number of rotatable bonds is 6. The Morgan fingerprint density at radius 3 is 2.70 bits per heavy atom. The van der Waals surface area contributed by atoms with Gasteiger partial charge in [-0.05, 0) is 24.6 Å². The Balaban J connectivity index is 2.18. The highest BCUT2D eigenvalue weighted by atomic mass is 16.3. The molecule has 1 aliphatic rings. The monoisotopic (exact) mass is 317 g/mol. The number of amides is 3. The van der Waals surface area contributed by atoms with Gasteiger partial charge in [0, 0.05) is 23.9 Å². The number of aryl methyl sites for hydroxylation is 1. The van der Waals surface area contributed by atoms with E-state index in [-0.39, 0.29) is 24.8 Å². The van der Waals surface area contributed by atoms with Gasteiger partial charge < -0.3 is 15.7 Å². The average Bonchev–Trinajstić information content (AvgIpc) is 2.78. The van der Waals surface area contributed by atoms with Crippen LogP contribution < -0.4 is 10.6 Å². The second-order valence-electron chi connectivity index (χ2n) is 5.13. The maximum absolute atomic E-state index is 12.1. The minimum atomic E-state index is -0.480. The third-order valence-electron chi connectivity index (χ3n) is 3.44. The van der Waals surface area contributed by atoms with Gasteiger partial charge in [0.05, 0.1) is 13.2 Å². The zero-order valence-electron chi connectivity index (χ0n) is 13.0. The van der Waals surface area contributed by atoms with E-state index < -0.39 is 11.8 Å². The molecular weight excluding hydrogens is 298 g/mol. The normalized spacial score (nSPS) is 14.0. The number of anilines is 2. The van der Waals surface area contributed by atoms with Gasteiger partial charge in [0.2, 0.25) is 5.91 Å². The van der Waals surface area contributed by atoms with Crippen molar-refractivity contribution in [3.05, 3.63) is 35.5 Å². The van der Waals surface area contributed by atoms with E-state index in [4.69, 9.17) is 5.11 Å². The number of nitrogens with one attached hydrogen (secondary N) is 2. The molecule has 0 unspecified atom stereocenters. The zero-order valence-corrected chi connectivity index (χ0v) is 13.0. The van der Waals surface area contributed by atoms with Gasteiger partial charge in [0.25, 0.3) is 11.8 Å². The fourth-order valence-electron chi connectivity index (χ4n) is 2.14. The van der Waals surface area contributed by atoms with Crippen LogP contribution in [0.4, 0.5) is 11.4 Å². The average molecular weight is 317 g/mol. The molecule has 1 aromatic rings. The number of aliphatic hydroxyl groups is 1. The molecule has 3 N–H and O–H groups in total. The van der Waals surface area contributed by atoms with Crippen molar-refractivity contribution in [1.82, 2.24) is 4.90 Å². The second kappa shape index (κ2) is 7.06. The molecular formula is C16H19N3O4. The molecule has 122 valence electrons. The maximum Gasteiger partial charge on any atom is 0.277 e. The third-order valence-corrected chi connectivity index (χ3v) is 3.44. The van der Waals surface area contributed by atoms with Gasteiger partial charge in [0.15, 0.2) is 0 Å². The first-order chi connectivity index (χ1) is 11.0. The summed E-state index contributed by atoms with van der Waals surface area (Å²) in [5, 5.41) is 14.6. The van der Waals surface area contributed by atoms with Gasteiger partial charge in [-0.2, -0.15) is 0 Å². The van der Waals surface area contributed by atoms with Crippen molar-refractivity contribution < 1.29 is 19.5 Å². The van der Waals surface area contributed by atoms with Crippen LogP contribution in [0.3, 0.4) is 0 Å². The van der Waals surface area contributed by atoms with Crippen molar-refractivity contribution in [1.29, 1.82) is 0 Å². The number of aliphatic hydroxyl groups excluding tert-OH is 1. The second-order valence-corrected chi connectivity index (χ2v) is 5.13. The molecule has 0 aromatic heterocycles. The standard InChI is InChI=1S/C16H19N3O4/c1-3-14(21)17-11-5-4-10(2)12(8-11)18-13-9-15(22)19(6-7-20)16(13)23/h4-5,8-9,18,20H,3,6-7H2,1-2H3,(H,17,21). The van der Waals surface area contributed by atoms with Crippen LogP contribution in [0.2, 0.25) is 0 Å². The number of hydrogen-bond acceptors (Lipinski definition) is 5. The number of carbonyl (C=O) groups is 3. The predicted molar refractivity (Wildman–Crippen MR) is 85.6 cm³/mol. The number of nitrogens with zero attached hydrogens (tertiary/aromatic N) is 1. The lowest BCUT2D eigenvalue weighted by atomic mass is 10.1. The highest BCUT2D eigenvalue weighted by molar-refractivity contribution is 6.17. The van der Waals surface area contributed by atoms with Crippen molar-refractivity contribution in [2.75, 3.05) is 23.8 Å². The summed E-state index contributed by atoms with van der Waals surface area (Å²) in [6.45, 7) is 3.29. The zero-order chi connectivity index (χ0) is 17.0. The molecule has 7 nitrogen and oxygen atoms in total. The molecule has 23 heavy (non-hydrogen) atoms. The fourth-order valence-corrected chi connectivity index (χ4v) is 2.14. The summed E-state index contributed by atoms with van der Waals surface area (Å²) in [7, 11) is 0. The number of imide groups is 1. The van der Waals surface area contributed by atoms with Gasteiger partial charge in [-0.25, -0.2) is 0 Å². The predicted octanol–water partition coefficient (Wildman–Crippen LogP) is 1.00. The first-order valence-electron chi connectivity index (χ1n) is 7.32. The Morgan fingerprint density at radius 2 is 2.04 bits per heavy atom. The molecule has 1 aromatic carbocycles. The lowest BCUT2D eigenvalue weighted by Crippen LogP contribution is -2.34. The molecule has 3 amide bonds. The lowest BCUT2D eigenvalue weighted by molar-refractivity contribution is -0.137. The Labute approximate surface area is 134 Å². The first kappa shape index (κ1) is 16.7. The molecule has 0 fully saturated rings. The lowest BCUT2D eigenvalue weighted by Gasteiger charge is -2.15. The molecule has 0 aliphatic carbocycles. The van der Waals surface area contributed by atoms with Gasteiger partial charge >= 0.3 is 0 Å². The maximum atomic E-state index is 12.1. The summed E-state index contributed by atoms with van der Waals surface area (Å²) in [5.41, 5.74) is 2.23. The van der Waals surface area contributed by atoms with Crippen LogP contribution in [0.15, 0.2) is 30.0 Å². The third kappa shape index (κ3) is 3.75. The molecule has 7 heteroatoms. The molecule has 1 aliphatic heterocycles. The molecule has 1 heterocycles. The van der Waals surface area contributed by atoms with E-state index in [1.54, 1.807) is 25.1 Å². The Morgan fingerprint density at radius 1 is 1.30 bits per heavy atom. The summed E-state index contributed by atoms with van der Waals surface area (Å²) < 4.78 is 0. The van der Waals surface area contributed by atoms with E-state index in [0.29, 0.717) is 17.8 Å². The van der Waals surface area contributed by atoms with Gasteiger partial charge in [-0.1, -0.05) is 13.0 Å². The van der Waals surface area contributed by atoms with Crippen molar-refractivity contribution in [3.63, 3.8) is 0 Å². The van der Waals surface area contributed by atoms with Crippen molar-refractivity contribution >= 4 is 29.1 Å². The van der Waals surface area contributed by atoms with Crippen LogP contribution in [0.5, 0.6) is 0 Å². The molecule has 0 bridgehead atoms. The van der Waals surface area contributed by atoms with Gasteiger partial charge in [-0.15, -0.1) is 0 Å². The largest absolute Gasteiger partial charge is 0.395 e. The molecule has 0 atom stereocenters. The topological polar surface area (TPSA) is 98.7 Å². The van der Waals surface area contributed by atoms with Crippen molar-refractivity contribution in [2.45, 2.75) is 20.3 Å². The quantitative estimate of drug-likeness (QED) is 0.680. The molecule has 2 rings (SSSR count). The van der Waals surface area contributed by atoms with Crippen LogP contribution in [0.1, 0.15) is 18.9 Å². The number of hydrogen-bond donors (Lipinski definition) is 3. The van der Waals surface area contributed by atoms with E-state index in [0.717, 1.165) is 10.5 Å². The molecule has 0 saturated carbocycles. The van der Waals surface area contributed by atoms with Crippen LogP contribution in [-0.4, -0.2) is 40.9 Å². The van der Waals surface area contributed by atoms with E-state index in [1.807, 2.05) is 6.92 Å². The number of benzene rings is 1. The summed E-state index contributed by atoms with van der Waals surface area (Å²) in [6.07, 6.45) is 1.57. The van der Waals surface area contributed by atoms with Crippen molar-refractivity contribution in [3.8, 4) is 0 Å². The SMILES string of the molecule is CCC(=O)Nc1ccc(C)c(NC2=CC(=O)N(CCO)C2=O)c1. The minimum Gasteiger partial charge on any atom is -0.395 e. The highest BCUT2D eigenvalue weighted by Gasteiger charge is 2.30. The Kier molecular flexibility index (Phi) is 5.13. The Bertz CT molecular complexity index is 682. The number of carbonyl (C=O) groups excluding carboxylic acids is 3. The van der Waals surface area contributed by atoms with Gasteiger partial charge in [0.1, 0.15) is 5.70 Å². The van der Waals surface area contributed by atoms with Crippen molar-refractivity contribution in [2.24, 2.45) is 0 Å². The van der Waals surface area contributed by atoms with Crippen LogP contribution in [-0.2, 0) is 14.4 Å². The van der Waals surface area contributed by atoms with Gasteiger partial charge in [-0.3, -0.25) is 19.3 Å². The fraction of sp³-hybridized carbons (Fsp3) is 0.312. The summed E-state index contributed by atoms with van der Waals surface area (Å²) in [6, 6.07) is 5.28. The van der Waals surface area contributed by atoms with Crippen LogP contribution >= 0.6 is 0 Å². The molecule has 0 radical (unpaired) electrons. The van der Waals surface area contributed by atoms with E-state index in [9.17, 15) is 14.4 Å². The van der Waals surface area contributed by atoms with E-state index in [1.165, 1.54) is 6.08 Å². The summed E-state index contributed by atoms with van der Waals surface area (Å²) >= 11 is 0. The highest BCUT2D eigenvalue weighted by Crippen LogP contribution is 2.24. The minimum absolute atomic E-state index is 0.0368. The summed E-state index contributed by atoms with van der Waals surface area (Å²) in [4.78, 5) is 36.3. The first-order valence-corrected chi connectivity index (χ1v) is 7.32. The van der Waals surface area contributed by atoms with E-state index in [2.05, 4.69) is 10.6 Å². The molecule has 0 saturated heterocycles.